The number of thiazole rings is 1. The van der Waals surface area contributed by atoms with Crippen LogP contribution < -0.4 is 0 Å². The molecule has 0 N–H and O–H groups in total. The first kappa shape index (κ1) is 10.1. The minimum absolute atomic E-state index is 0.501. The molecule has 5 heteroatoms. The van der Waals surface area contributed by atoms with Crippen LogP contribution in [0.5, 0.6) is 0 Å². The standard InChI is InChI=1S/C7H6ClIN2S/c1-4(9)3-5-6(10-2)11-7(8)12-5/h3H,2H2,1H3/b4-3+. The Morgan fingerprint density at radius 1 is 1.83 bits per heavy atom. The SMILES string of the molecule is C=Nc1nc(Cl)sc1/C=C(\C)I. The molecular formula is C7H6ClIN2S. The lowest BCUT2D eigenvalue weighted by Gasteiger charge is -1.87. The maximum Gasteiger partial charge on any atom is 0.186 e. The minimum Gasteiger partial charge on any atom is -0.244 e. The summed E-state index contributed by atoms with van der Waals surface area (Å²) in [7, 11) is 0. The number of halogens is 2. The Bertz CT molecular complexity index is 328. The molecule has 0 saturated heterocycles. The Balaban J connectivity index is 3.13. The van der Waals surface area contributed by atoms with Crippen LogP contribution in [0.1, 0.15) is 11.8 Å². The second-order valence-corrected chi connectivity index (χ2v) is 5.36. The van der Waals surface area contributed by atoms with E-state index in [1.165, 1.54) is 11.3 Å². The molecular weight excluding hydrogens is 307 g/mol. The van der Waals surface area contributed by atoms with Crippen molar-refractivity contribution in [3.8, 4) is 0 Å². The Labute approximate surface area is 93.5 Å². The molecule has 0 fully saturated rings. The zero-order chi connectivity index (χ0) is 9.14. The van der Waals surface area contributed by atoms with Crippen molar-refractivity contribution in [1.82, 2.24) is 4.98 Å². The van der Waals surface area contributed by atoms with Crippen LogP contribution in [0, 0.1) is 0 Å². The van der Waals surface area contributed by atoms with Crippen LogP contribution in [0.15, 0.2) is 8.57 Å². The summed E-state index contributed by atoms with van der Waals surface area (Å²) in [5, 5.41) is 0. The van der Waals surface area contributed by atoms with Crippen LogP contribution in [-0.4, -0.2) is 11.7 Å². The number of hydrogen-bond acceptors (Lipinski definition) is 3. The van der Waals surface area contributed by atoms with Crippen LogP contribution in [0.25, 0.3) is 6.08 Å². The largest absolute Gasteiger partial charge is 0.244 e. The minimum atomic E-state index is 0.501. The van der Waals surface area contributed by atoms with E-state index >= 15 is 0 Å². The monoisotopic (exact) mass is 312 g/mol. The van der Waals surface area contributed by atoms with Gasteiger partial charge in [0.1, 0.15) is 0 Å². The molecule has 0 unspecified atom stereocenters. The molecule has 1 aromatic rings. The molecule has 0 aliphatic carbocycles. The van der Waals surface area contributed by atoms with Crippen LogP contribution in [0.3, 0.4) is 0 Å². The predicted octanol–water partition coefficient (Wildman–Crippen LogP) is 3.92. The van der Waals surface area contributed by atoms with E-state index < -0.39 is 0 Å². The highest BCUT2D eigenvalue weighted by Crippen LogP contribution is 2.31. The predicted molar refractivity (Wildman–Crippen MR) is 64.0 cm³/mol. The number of aromatic nitrogens is 1. The van der Waals surface area contributed by atoms with Crippen LogP contribution >= 0.6 is 45.5 Å². The summed E-state index contributed by atoms with van der Waals surface area (Å²) in [5.41, 5.74) is 0. The maximum absolute atomic E-state index is 5.72. The summed E-state index contributed by atoms with van der Waals surface area (Å²) >= 11 is 9.35. The van der Waals surface area contributed by atoms with E-state index in [0.29, 0.717) is 10.3 Å². The van der Waals surface area contributed by atoms with Gasteiger partial charge in [-0.15, -0.1) is 11.3 Å². The summed E-state index contributed by atoms with van der Waals surface area (Å²) in [6.45, 7) is 5.42. The van der Waals surface area contributed by atoms with Gasteiger partial charge < -0.3 is 0 Å². The van der Waals surface area contributed by atoms with Gasteiger partial charge in [0.2, 0.25) is 0 Å². The van der Waals surface area contributed by atoms with Gasteiger partial charge in [0.05, 0.1) is 4.88 Å². The summed E-state index contributed by atoms with van der Waals surface area (Å²) in [6.07, 6.45) is 1.98. The van der Waals surface area contributed by atoms with Gasteiger partial charge in [-0.2, -0.15) is 0 Å². The summed E-state index contributed by atoms with van der Waals surface area (Å²) in [4.78, 5) is 8.71. The zero-order valence-electron chi connectivity index (χ0n) is 6.34. The van der Waals surface area contributed by atoms with Gasteiger partial charge in [-0.3, -0.25) is 0 Å². The van der Waals surface area contributed by atoms with E-state index in [-0.39, 0.29) is 0 Å². The van der Waals surface area contributed by atoms with Crippen molar-refractivity contribution in [2.75, 3.05) is 0 Å². The zero-order valence-corrected chi connectivity index (χ0v) is 10.1. The van der Waals surface area contributed by atoms with Crippen molar-refractivity contribution in [3.63, 3.8) is 0 Å². The number of nitrogens with zero attached hydrogens (tertiary/aromatic N) is 2. The number of hydrogen-bond donors (Lipinski definition) is 0. The van der Waals surface area contributed by atoms with Gasteiger partial charge >= 0.3 is 0 Å². The van der Waals surface area contributed by atoms with E-state index in [1.54, 1.807) is 0 Å². The van der Waals surface area contributed by atoms with Crippen molar-refractivity contribution in [3.05, 3.63) is 12.9 Å². The lowest BCUT2D eigenvalue weighted by Crippen LogP contribution is -1.66. The maximum atomic E-state index is 5.72. The molecule has 0 aliphatic rings. The molecule has 1 aromatic heterocycles. The molecule has 0 atom stereocenters. The number of rotatable bonds is 2. The fourth-order valence-corrected chi connectivity index (χ4v) is 2.29. The highest BCUT2D eigenvalue weighted by molar-refractivity contribution is 14.1. The van der Waals surface area contributed by atoms with Crippen molar-refractivity contribution in [1.29, 1.82) is 0 Å². The lowest BCUT2D eigenvalue weighted by atomic mass is 10.4. The van der Waals surface area contributed by atoms with Gasteiger partial charge in [-0.1, -0.05) is 11.6 Å². The molecule has 0 aliphatic heterocycles. The average Bonchev–Trinajstić information content (AvgIpc) is 2.29. The molecule has 0 bridgehead atoms. The Kier molecular flexibility index (Phi) is 3.67. The van der Waals surface area contributed by atoms with Gasteiger partial charge in [0.15, 0.2) is 10.3 Å². The molecule has 12 heavy (non-hydrogen) atoms. The van der Waals surface area contributed by atoms with E-state index in [0.717, 1.165) is 8.46 Å². The third-order valence-electron chi connectivity index (χ3n) is 1.09. The van der Waals surface area contributed by atoms with E-state index in [1.807, 2.05) is 13.0 Å². The molecule has 0 saturated carbocycles. The topological polar surface area (TPSA) is 25.2 Å². The highest BCUT2D eigenvalue weighted by Gasteiger charge is 2.05. The summed E-state index contributed by atoms with van der Waals surface area (Å²) in [5.74, 6) is 0.612. The van der Waals surface area contributed by atoms with Crippen molar-refractivity contribution in [2.24, 2.45) is 4.99 Å². The molecule has 64 valence electrons. The normalized spacial score (nSPS) is 11.8. The highest BCUT2D eigenvalue weighted by atomic mass is 127. The molecule has 0 aromatic carbocycles. The van der Waals surface area contributed by atoms with Crippen molar-refractivity contribution < 1.29 is 0 Å². The summed E-state index contributed by atoms with van der Waals surface area (Å²) < 4.78 is 1.67. The molecule has 0 amide bonds. The van der Waals surface area contributed by atoms with E-state index in [2.05, 4.69) is 39.3 Å². The van der Waals surface area contributed by atoms with Crippen LogP contribution in [0.4, 0.5) is 5.82 Å². The third-order valence-corrected chi connectivity index (χ3v) is 2.50. The summed E-state index contributed by atoms with van der Waals surface area (Å²) in [6, 6.07) is 0. The third kappa shape index (κ3) is 2.53. The molecule has 0 spiro atoms. The van der Waals surface area contributed by atoms with Crippen molar-refractivity contribution >= 4 is 64.1 Å². The fourth-order valence-electron chi connectivity index (χ4n) is 0.685. The van der Waals surface area contributed by atoms with Gasteiger partial charge in [-0.05, 0) is 45.9 Å². The van der Waals surface area contributed by atoms with E-state index in [4.69, 9.17) is 11.6 Å². The Morgan fingerprint density at radius 2 is 2.50 bits per heavy atom. The van der Waals surface area contributed by atoms with Crippen LogP contribution in [-0.2, 0) is 0 Å². The van der Waals surface area contributed by atoms with Gasteiger partial charge in [0.25, 0.3) is 0 Å². The molecule has 2 nitrogen and oxygen atoms in total. The van der Waals surface area contributed by atoms with Crippen LogP contribution in [0.2, 0.25) is 4.47 Å². The van der Waals surface area contributed by atoms with Gasteiger partial charge in [-0.25, -0.2) is 9.98 Å². The van der Waals surface area contributed by atoms with Gasteiger partial charge in [0, 0.05) is 0 Å². The first-order valence-corrected chi connectivity index (χ1v) is 5.37. The average molecular weight is 313 g/mol. The number of allylic oxidation sites excluding steroid dienone is 1. The first-order chi connectivity index (χ1) is 5.63. The Hall–Kier alpha value is 0.0600. The second kappa shape index (κ2) is 4.34. The second-order valence-electron chi connectivity index (χ2n) is 2.04. The first-order valence-electron chi connectivity index (χ1n) is 3.10. The molecule has 1 rings (SSSR count). The number of aliphatic imine (C=N–C) groups is 1. The smallest absolute Gasteiger partial charge is 0.186 e. The van der Waals surface area contributed by atoms with E-state index in [9.17, 15) is 0 Å². The van der Waals surface area contributed by atoms with Crippen molar-refractivity contribution in [2.45, 2.75) is 6.92 Å². The quantitative estimate of drug-likeness (QED) is 0.600. The fraction of sp³-hybridized carbons (Fsp3) is 0.143. The molecule has 1 heterocycles. The Morgan fingerprint density at radius 3 is 3.00 bits per heavy atom. The lowest BCUT2D eigenvalue weighted by molar-refractivity contribution is 1.35. The molecule has 0 radical (unpaired) electrons.